The lowest BCUT2D eigenvalue weighted by atomic mass is 10.0. The van der Waals surface area contributed by atoms with Crippen LogP contribution in [-0.4, -0.2) is 5.78 Å². The van der Waals surface area contributed by atoms with Gasteiger partial charge in [-0.3, -0.25) is 4.79 Å². The van der Waals surface area contributed by atoms with Gasteiger partial charge in [-0.1, -0.05) is 29.8 Å². The predicted molar refractivity (Wildman–Crippen MR) is 67.7 cm³/mol. The van der Waals surface area contributed by atoms with E-state index < -0.39 is 0 Å². The van der Waals surface area contributed by atoms with Crippen LogP contribution in [0.25, 0.3) is 11.0 Å². The molecule has 0 spiro atoms. The Morgan fingerprint density at radius 2 is 2.19 bits per heavy atom. The van der Waals surface area contributed by atoms with Crippen molar-refractivity contribution in [3.8, 4) is 0 Å². The Kier molecular flexibility index (Phi) is 3.15. The summed E-state index contributed by atoms with van der Waals surface area (Å²) in [6, 6.07) is 7.57. The summed E-state index contributed by atoms with van der Waals surface area (Å²) >= 11 is 3.38. The highest BCUT2D eigenvalue weighted by atomic mass is 79.9. The molecular formula is C13H13BrO2. The largest absolute Gasteiger partial charge is 0.453 e. The van der Waals surface area contributed by atoms with E-state index in [0.717, 1.165) is 21.9 Å². The molecule has 3 heteroatoms. The smallest absolute Gasteiger partial charge is 0.200 e. The SMILES string of the molecule is CCC(C)C(=O)c1cc2ccc(Br)cc2o1. The number of fused-ring (bicyclic) bond motifs is 1. The van der Waals surface area contributed by atoms with Crippen molar-refractivity contribution in [3.63, 3.8) is 0 Å². The van der Waals surface area contributed by atoms with Gasteiger partial charge >= 0.3 is 0 Å². The highest BCUT2D eigenvalue weighted by Crippen LogP contribution is 2.25. The maximum absolute atomic E-state index is 11.9. The fraction of sp³-hybridized carbons (Fsp3) is 0.308. The Hall–Kier alpha value is -1.09. The lowest BCUT2D eigenvalue weighted by molar-refractivity contribution is 0.0901. The summed E-state index contributed by atoms with van der Waals surface area (Å²) in [6.07, 6.45) is 0.833. The quantitative estimate of drug-likeness (QED) is 0.779. The fourth-order valence-corrected chi connectivity index (χ4v) is 1.89. The second kappa shape index (κ2) is 4.42. The minimum atomic E-state index is 0.0176. The first-order valence-electron chi connectivity index (χ1n) is 5.35. The van der Waals surface area contributed by atoms with Crippen LogP contribution in [0.2, 0.25) is 0 Å². The molecule has 0 aliphatic heterocycles. The molecule has 0 N–H and O–H groups in total. The average Bonchev–Trinajstić information content (AvgIpc) is 2.69. The monoisotopic (exact) mass is 280 g/mol. The van der Waals surface area contributed by atoms with Crippen molar-refractivity contribution in [3.05, 3.63) is 34.5 Å². The van der Waals surface area contributed by atoms with Crippen molar-refractivity contribution in [2.75, 3.05) is 0 Å². The van der Waals surface area contributed by atoms with Crippen LogP contribution in [0.5, 0.6) is 0 Å². The molecule has 0 fully saturated rings. The van der Waals surface area contributed by atoms with Crippen LogP contribution in [0.15, 0.2) is 33.2 Å². The Morgan fingerprint density at radius 1 is 1.44 bits per heavy atom. The number of furan rings is 1. The molecule has 1 aromatic heterocycles. The van der Waals surface area contributed by atoms with Gasteiger partial charge in [0, 0.05) is 15.8 Å². The van der Waals surface area contributed by atoms with Crippen LogP contribution in [0.4, 0.5) is 0 Å². The van der Waals surface area contributed by atoms with E-state index in [1.54, 1.807) is 0 Å². The van der Waals surface area contributed by atoms with E-state index in [0.29, 0.717) is 5.76 Å². The van der Waals surface area contributed by atoms with E-state index >= 15 is 0 Å². The summed E-state index contributed by atoms with van der Waals surface area (Å²) in [4.78, 5) is 11.9. The van der Waals surface area contributed by atoms with Crippen molar-refractivity contribution >= 4 is 32.7 Å². The van der Waals surface area contributed by atoms with Crippen molar-refractivity contribution in [2.45, 2.75) is 20.3 Å². The molecule has 1 atom stereocenters. The van der Waals surface area contributed by atoms with E-state index in [9.17, 15) is 4.79 Å². The van der Waals surface area contributed by atoms with E-state index in [-0.39, 0.29) is 11.7 Å². The van der Waals surface area contributed by atoms with Gasteiger partial charge in [0.2, 0.25) is 5.78 Å². The van der Waals surface area contributed by atoms with Crippen molar-refractivity contribution in [1.82, 2.24) is 0 Å². The molecule has 1 heterocycles. The average molecular weight is 281 g/mol. The molecule has 2 aromatic rings. The van der Waals surface area contributed by atoms with E-state index in [1.807, 2.05) is 38.1 Å². The first kappa shape index (κ1) is 11.4. The van der Waals surface area contributed by atoms with E-state index in [1.165, 1.54) is 0 Å². The van der Waals surface area contributed by atoms with Crippen molar-refractivity contribution < 1.29 is 9.21 Å². The molecule has 0 aliphatic rings. The second-order valence-electron chi connectivity index (χ2n) is 3.97. The van der Waals surface area contributed by atoms with E-state index in [4.69, 9.17) is 4.42 Å². The second-order valence-corrected chi connectivity index (χ2v) is 4.88. The molecule has 0 saturated carbocycles. The number of ketones is 1. The Labute approximate surface area is 103 Å². The molecule has 0 amide bonds. The summed E-state index contributed by atoms with van der Waals surface area (Å²) in [5.74, 6) is 0.557. The number of carbonyl (C=O) groups is 1. The third kappa shape index (κ3) is 2.05. The van der Waals surface area contributed by atoms with Crippen molar-refractivity contribution in [2.24, 2.45) is 5.92 Å². The van der Waals surface area contributed by atoms with Crippen LogP contribution in [-0.2, 0) is 0 Å². The molecular weight excluding hydrogens is 268 g/mol. The number of hydrogen-bond acceptors (Lipinski definition) is 2. The molecule has 0 saturated heterocycles. The fourth-order valence-electron chi connectivity index (χ4n) is 1.55. The highest BCUT2D eigenvalue weighted by Gasteiger charge is 2.17. The van der Waals surface area contributed by atoms with Crippen LogP contribution in [0.3, 0.4) is 0 Å². The molecule has 2 rings (SSSR count). The maximum atomic E-state index is 11.9. The lowest BCUT2D eigenvalue weighted by Crippen LogP contribution is -2.08. The third-order valence-electron chi connectivity index (χ3n) is 2.78. The minimum Gasteiger partial charge on any atom is -0.453 e. The van der Waals surface area contributed by atoms with Gasteiger partial charge in [-0.2, -0.15) is 0 Å². The van der Waals surface area contributed by atoms with Crippen LogP contribution in [0.1, 0.15) is 30.8 Å². The van der Waals surface area contributed by atoms with Crippen LogP contribution in [0, 0.1) is 5.92 Å². The molecule has 2 nitrogen and oxygen atoms in total. The third-order valence-corrected chi connectivity index (χ3v) is 3.28. The Morgan fingerprint density at radius 3 is 2.88 bits per heavy atom. The number of benzene rings is 1. The van der Waals surface area contributed by atoms with Gasteiger partial charge in [-0.05, 0) is 30.7 Å². The summed E-state index contributed by atoms with van der Waals surface area (Å²) < 4.78 is 6.51. The summed E-state index contributed by atoms with van der Waals surface area (Å²) in [6.45, 7) is 3.92. The van der Waals surface area contributed by atoms with Gasteiger partial charge in [0.15, 0.2) is 5.76 Å². The number of halogens is 1. The summed E-state index contributed by atoms with van der Waals surface area (Å²) in [7, 11) is 0. The van der Waals surface area contributed by atoms with Crippen molar-refractivity contribution in [1.29, 1.82) is 0 Å². The van der Waals surface area contributed by atoms with Gasteiger partial charge in [0.1, 0.15) is 5.58 Å². The molecule has 0 bridgehead atoms. The maximum Gasteiger partial charge on any atom is 0.200 e. The number of hydrogen-bond donors (Lipinski definition) is 0. The number of carbonyl (C=O) groups excluding carboxylic acids is 1. The minimum absolute atomic E-state index is 0.0176. The highest BCUT2D eigenvalue weighted by molar-refractivity contribution is 9.10. The van der Waals surface area contributed by atoms with Gasteiger partial charge in [0.25, 0.3) is 0 Å². The molecule has 0 radical (unpaired) electrons. The van der Waals surface area contributed by atoms with Crippen LogP contribution >= 0.6 is 15.9 Å². The zero-order valence-corrected chi connectivity index (χ0v) is 10.9. The normalized spacial score (nSPS) is 12.9. The standard InChI is InChI=1S/C13H13BrO2/c1-3-8(2)13(15)12-6-9-4-5-10(14)7-11(9)16-12/h4-8H,3H2,1-2H3. The first-order chi connectivity index (χ1) is 7.61. The zero-order valence-electron chi connectivity index (χ0n) is 9.29. The molecule has 84 valence electrons. The summed E-state index contributed by atoms with van der Waals surface area (Å²) in [5, 5.41) is 0.967. The van der Waals surface area contributed by atoms with E-state index in [2.05, 4.69) is 15.9 Å². The zero-order chi connectivity index (χ0) is 11.7. The predicted octanol–water partition coefficient (Wildman–Crippen LogP) is 4.42. The van der Waals surface area contributed by atoms with Gasteiger partial charge in [-0.25, -0.2) is 0 Å². The molecule has 0 aliphatic carbocycles. The van der Waals surface area contributed by atoms with Crippen LogP contribution < -0.4 is 0 Å². The first-order valence-corrected chi connectivity index (χ1v) is 6.14. The molecule has 16 heavy (non-hydrogen) atoms. The Balaban J connectivity index is 2.43. The topological polar surface area (TPSA) is 30.2 Å². The molecule has 1 aromatic carbocycles. The van der Waals surface area contributed by atoms with Gasteiger partial charge < -0.3 is 4.42 Å². The van der Waals surface area contributed by atoms with Gasteiger partial charge in [0.05, 0.1) is 0 Å². The Bertz CT molecular complexity index is 528. The summed E-state index contributed by atoms with van der Waals surface area (Å²) in [5.41, 5.74) is 0.751. The molecule has 1 unspecified atom stereocenters. The lowest BCUT2D eigenvalue weighted by Gasteiger charge is -2.02. The number of rotatable bonds is 3. The van der Waals surface area contributed by atoms with Gasteiger partial charge in [-0.15, -0.1) is 0 Å². The number of Topliss-reactive ketones (excluding diaryl/α,β-unsaturated/α-hetero) is 1.